The molecule has 2 aromatic carbocycles. The van der Waals surface area contributed by atoms with E-state index in [0.29, 0.717) is 0 Å². The molecule has 0 bridgehead atoms. The number of fused-ring (bicyclic) bond motifs is 1. The van der Waals surface area contributed by atoms with E-state index in [4.69, 9.17) is 10.7 Å². The molecule has 0 radical (unpaired) electrons. The Morgan fingerprint density at radius 2 is 1.60 bits per heavy atom. The van der Waals surface area contributed by atoms with Gasteiger partial charge >= 0.3 is 0 Å². The van der Waals surface area contributed by atoms with Crippen molar-refractivity contribution in [2.75, 3.05) is 11.9 Å². The quantitative estimate of drug-likeness (QED) is 0.635. The zero-order chi connectivity index (χ0) is 16.3. The number of benzene rings is 2. The van der Waals surface area contributed by atoms with E-state index in [1.807, 2.05) is 30.3 Å². The lowest BCUT2D eigenvalue weighted by molar-refractivity contribution is 0.491. The maximum atomic E-state index is 6.08. The van der Waals surface area contributed by atoms with E-state index in [1.54, 1.807) is 0 Å². The molecule has 0 spiro atoms. The Labute approximate surface area is 161 Å². The molecule has 25 heavy (non-hydrogen) atoms. The highest BCUT2D eigenvalue weighted by Crippen LogP contribution is 2.28. The fourth-order valence-corrected chi connectivity index (χ4v) is 2.60. The van der Waals surface area contributed by atoms with Gasteiger partial charge in [0.15, 0.2) is 0 Å². The summed E-state index contributed by atoms with van der Waals surface area (Å²) in [5.41, 5.74) is 10.1. The smallest absolute Gasteiger partial charge is 0.0730 e. The third-order valence-corrected chi connectivity index (χ3v) is 3.87. The van der Waals surface area contributed by atoms with Crippen LogP contribution in [0.1, 0.15) is 20.3 Å². The van der Waals surface area contributed by atoms with Gasteiger partial charge in [-0.05, 0) is 32.4 Å². The van der Waals surface area contributed by atoms with Gasteiger partial charge in [-0.3, -0.25) is 0 Å². The number of anilines is 1. The van der Waals surface area contributed by atoms with Crippen molar-refractivity contribution in [2.24, 2.45) is 5.73 Å². The Bertz CT molecular complexity index is 799. The van der Waals surface area contributed by atoms with E-state index in [-0.39, 0.29) is 30.4 Å². The normalized spacial score (nSPS) is 10.7. The van der Waals surface area contributed by atoms with Crippen LogP contribution in [0.4, 0.5) is 5.69 Å². The van der Waals surface area contributed by atoms with E-state index >= 15 is 0 Å². The fraction of sp³-hybridized carbons (Fsp3) is 0.250. The van der Waals surface area contributed by atoms with Gasteiger partial charge in [0, 0.05) is 28.7 Å². The monoisotopic (exact) mass is 377 g/mol. The largest absolute Gasteiger partial charge is 0.384 e. The summed E-state index contributed by atoms with van der Waals surface area (Å²) in [4.78, 5) is 4.80. The molecule has 1 heterocycles. The van der Waals surface area contributed by atoms with Gasteiger partial charge in [-0.2, -0.15) is 0 Å². The first-order valence-corrected chi connectivity index (χ1v) is 8.01. The SMILES string of the molecule is CC(C)(N)CCNc1cc(-c2ccccc2)nc2ccccc12.Cl.Cl. The highest BCUT2D eigenvalue weighted by atomic mass is 35.5. The van der Waals surface area contributed by atoms with Crippen LogP contribution in [-0.4, -0.2) is 17.1 Å². The fourth-order valence-electron chi connectivity index (χ4n) is 2.60. The summed E-state index contributed by atoms with van der Waals surface area (Å²) in [5, 5.41) is 4.68. The Hall–Kier alpha value is -1.81. The predicted octanol–water partition coefficient (Wildman–Crippen LogP) is 5.28. The topological polar surface area (TPSA) is 50.9 Å². The summed E-state index contributed by atoms with van der Waals surface area (Å²) < 4.78 is 0. The van der Waals surface area contributed by atoms with Crippen molar-refractivity contribution < 1.29 is 0 Å². The van der Waals surface area contributed by atoms with E-state index in [0.717, 1.165) is 40.8 Å². The van der Waals surface area contributed by atoms with Gasteiger partial charge in [0.05, 0.1) is 11.2 Å². The minimum absolute atomic E-state index is 0. The molecule has 0 unspecified atom stereocenters. The van der Waals surface area contributed by atoms with Gasteiger partial charge in [-0.15, -0.1) is 24.8 Å². The number of pyridine rings is 1. The Balaban J connectivity index is 0.00000156. The second-order valence-electron chi connectivity index (χ2n) is 6.60. The third kappa shape index (κ3) is 5.60. The molecule has 0 aliphatic rings. The van der Waals surface area contributed by atoms with Gasteiger partial charge in [0.2, 0.25) is 0 Å². The van der Waals surface area contributed by atoms with Gasteiger partial charge < -0.3 is 11.1 Å². The maximum absolute atomic E-state index is 6.08. The number of halogens is 2. The Morgan fingerprint density at radius 3 is 2.28 bits per heavy atom. The van der Waals surface area contributed by atoms with Crippen LogP contribution in [0.2, 0.25) is 0 Å². The summed E-state index contributed by atoms with van der Waals surface area (Å²) in [6.45, 7) is 4.94. The number of nitrogens with zero attached hydrogens (tertiary/aromatic N) is 1. The number of nitrogens with one attached hydrogen (secondary N) is 1. The number of para-hydroxylation sites is 1. The summed E-state index contributed by atoms with van der Waals surface area (Å²) in [6.07, 6.45) is 0.907. The number of nitrogens with two attached hydrogens (primary N) is 1. The lowest BCUT2D eigenvalue weighted by atomic mass is 10.0. The molecule has 0 amide bonds. The zero-order valence-corrected chi connectivity index (χ0v) is 16.2. The van der Waals surface area contributed by atoms with Crippen molar-refractivity contribution in [3.8, 4) is 11.3 Å². The number of rotatable bonds is 5. The van der Waals surface area contributed by atoms with Crippen molar-refractivity contribution >= 4 is 41.4 Å². The second-order valence-corrected chi connectivity index (χ2v) is 6.60. The first-order valence-electron chi connectivity index (χ1n) is 8.01. The predicted molar refractivity (Wildman–Crippen MR) is 113 cm³/mol. The van der Waals surface area contributed by atoms with Crippen molar-refractivity contribution in [1.82, 2.24) is 4.98 Å². The average Bonchev–Trinajstić information content (AvgIpc) is 2.54. The van der Waals surface area contributed by atoms with Crippen LogP contribution >= 0.6 is 24.8 Å². The lowest BCUT2D eigenvalue weighted by Crippen LogP contribution is -2.34. The molecule has 3 rings (SSSR count). The Morgan fingerprint density at radius 1 is 0.960 bits per heavy atom. The molecule has 0 aliphatic heterocycles. The number of hydrogen-bond donors (Lipinski definition) is 2. The first-order chi connectivity index (χ1) is 11.0. The summed E-state index contributed by atoms with van der Waals surface area (Å²) in [6, 6.07) is 20.6. The second kappa shape index (κ2) is 9.04. The highest BCUT2D eigenvalue weighted by molar-refractivity contribution is 5.93. The summed E-state index contributed by atoms with van der Waals surface area (Å²) in [7, 11) is 0. The lowest BCUT2D eigenvalue weighted by Gasteiger charge is -2.19. The molecule has 3 N–H and O–H groups in total. The van der Waals surface area contributed by atoms with Crippen LogP contribution in [0.15, 0.2) is 60.7 Å². The third-order valence-electron chi connectivity index (χ3n) is 3.87. The van der Waals surface area contributed by atoms with Crippen molar-refractivity contribution in [2.45, 2.75) is 25.8 Å². The Kier molecular flexibility index (Phi) is 7.68. The molecule has 0 atom stereocenters. The van der Waals surface area contributed by atoms with E-state index in [9.17, 15) is 0 Å². The van der Waals surface area contributed by atoms with E-state index < -0.39 is 0 Å². The zero-order valence-electron chi connectivity index (χ0n) is 14.5. The molecule has 1 aromatic heterocycles. The van der Waals surface area contributed by atoms with Gasteiger partial charge in [-0.1, -0.05) is 48.5 Å². The standard InChI is InChI=1S/C20H23N3.2ClH/c1-20(2,21)12-13-22-19-14-18(15-8-4-3-5-9-15)23-17-11-7-6-10-16(17)19;;/h3-11,14H,12-13,21H2,1-2H3,(H,22,23);2*1H. The van der Waals surface area contributed by atoms with Crippen LogP contribution in [0, 0.1) is 0 Å². The minimum atomic E-state index is -0.169. The van der Waals surface area contributed by atoms with Crippen molar-refractivity contribution in [3.63, 3.8) is 0 Å². The first kappa shape index (κ1) is 21.2. The summed E-state index contributed by atoms with van der Waals surface area (Å²) >= 11 is 0. The summed E-state index contributed by atoms with van der Waals surface area (Å²) in [5.74, 6) is 0. The average molecular weight is 378 g/mol. The molecule has 134 valence electrons. The maximum Gasteiger partial charge on any atom is 0.0730 e. The molecule has 5 heteroatoms. The van der Waals surface area contributed by atoms with Gasteiger partial charge in [0.1, 0.15) is 0 Å². The molecule has 0 fully saturated rings. The minimum Gasteiger partial charge on any atom is -0.384 e. The number of hydrogen-bond acceptors (Lipinski definition) is 3. The molecule has 3 nitrogen and oxygen atoms in total. The van der Waals surface area contributed by atoms with E-state index in [2.05, 4.69) is 49.5 Å². The molecule has 3 aromatic rings. The number of aromatic nitrogens is 1. The van der Waals surface area contributed by atoms with Crippen LogP contribution in [0.25, 0.3) is 22.2 Å². The highest BCUT2D eigenvalue weighted by Gasteiger charge is 2.11. The van der Waals surface area contributed by atoms with Crippen molar-refractivity contribution in [1.29, 1.82) is 0 Å². The molecular formula is C20H25Cl2N3. The van der Waals surface area contributed by atoms with Crippen LogP contribution < -0.4 is 11.1 Å². The molecule has 0 saturated carbocycles. The van der Waals surface area contributed by atoms with Crippen LogP contribution in [0.3, 0.4) is 0 Å². The molecule has 0 aliphatic carbocycles. The van der Waals surface area contributed by atoms with Crippen LogP contribution in [-0.2, 0) is 0 Å². The van der Waals surface area contributed by atoms with Gasteiger partial charge in [-0.25, -0.2) is 4.98 Å². The van der Waals surface area contributed by atoms with E-state index in [1.165, 1.54) is 0 Å². The van der Waals surface area contributed by atoms with Crippen LogP contribution in [0.5, 0.6) is 0 Å². The van der Waals surface area contributed by atoms with Gasteiger partial charge in [0.25, 0.3) is 0 Å². The van der Waals surface area contributed by atoms with Crippen molar-refractivity contribution in [3.05, 3.63) is 60.7 Å². The molecule has 0 saturated heterocycles. The molecular weight excluding hydrogens is 353 g/mol.